The molecule has 0 spiro atoms. The maximum Gasteiger partial charge on any atom is 0.0468 e. The van der Waals surface area contributed by atoms with Crippen LogP contribution in [0, 0.1) is 0 Å². The summed E-state index contributed by atoms with van der Waals surface area (Å²) < 4.78 is 2.59. The summed E-state index contributed by atoms with van der Waals surface area (Å²) in [5.74, 6) is 0. The van der Waals surface area contributed by atoms with Gasteiger partial charge in [0.1, 0.15) is 0 Å². The van der Waals surface area contributed by atoms with Crippen molar-refractivity contribution >= 4 is 70.7 Å². The molecule has 0 saturated carbocycles. The van der Waals surface area contributed by atoms with Crippen molar-refractivity contribution in [2.75, 3.05) is 10.2 Å². The first kappa shape index (κ1) is 21.7. The second-order valence-electron chi connectivity index (χ2n) is 9.19. The first-order valence-corrected chi connectivity index (χ1v) is 13.3. The molecule has 3 heteroatoms. The van der Waals surface area contributed by atoms with Crippen molar-refractivity contribution in [2.24, 2.45) is 0 Å². The summed E-state index contributed by atoms with van der Waals surface area (Å²) in [6, 6.07) is 49.6. The van der Waals surface area contributed by atoms with E-state index in [0.29, 0.717) is 0 Å². The standard InChI is InChI=1S/C34H24N2S/c1-3-11-28(12-4-1)36(29-13-5-2-6-14-29)30-18-20-34-32(23-30)31-22-27(17-19-33(31)37-34)35-26-16-15-24-9-7-8-10-25(24)21-26/h1-23,35H. The Hall–Kier alpha value is -4.60. The smallest absolute Gasteiger partial charge is 0.0468 e. The van der Waals surface area contributed by atoms with Crippen LogP contribution < -0.4 is 10.2 Å². The quantitative estimate of drug-likeness (QED) is 0.257. The molecule has 1 aromatic heterocycles. The van der Waals surface area contributed by atoms with Crippen molar-refractivity contribution in [3.05, 3.63) is 140 Å². The Bertz CT molecular complexity index is 1820. The van der Waals surface area contributed by atoms with Gasteiger partial charge in [-0.25, -0.2) is 0 Å². The van der Waals surface area contributed by atoms with E-state index in [9.17, 15) is 0 Å². The van der Waals surface area contributed by atoms with Gasteiger partial charge in [0.25, 0.3) is 0 Å². The van der Waals surface area contributed by atoms with E-state index in [4.69, 9.17) is 0 Å². The lowest BCUT2D eigenvalue weighted by Crippen LogP contribution is -2.09. The summed E-state index contributed by atoms with van der Waals surface area (Å²) in [5.41, 5.74) is 5.63. The molecular formula is C34H24N2S. The Balaban J connectivity index is 1.32. The van der Waals surface area contributed by atoms with E-state index in [-0.39, 0.29) is 0 Å². The molecule has 7 aromatic rings. The van der Waals surface area contributed by atoms with Gasteiger partial charge in [-0.2, -0.15) is 0 Å². The number of fused-ring (bicyclic) bond motifs is 4. The molecule has 1 N–H and O–H groups in total. The monoisotopic (exact) mass is 492 g/mol. The highest BCUT2D eigenvalue weighted by Gasteiger charge is 2.14. The number of nitrogens with one attached hydrogen (secondary N) is 1. The number of para-hydroxylation sites is 2. The van der Waals surface area contributed by atoms with Crippen molar-refractivity contribution < 1.29 is 0 Å². The van der Waals surface area contributed by atoms with Gasteiger partial charge >= 0.3 is 0 Å². The number of nitrogens with zero attached hydrogens (tertiary/aromatic N) is 1. The number of anilines is 5. The zero-order valence-electron chi connectivity index (χ0n) is 20.1. The predicted molar refractivity (Wildman–Crippen MR) is 161 cm³/mol. The van der Waals surface area contributed by atoms with Crippen LogP contribution in [0.15, 0.2) is 140 Å². The Morgan fingerprint density at radius 3 is 1.73 bits per heavy atom. The van der Waals surface area contributed by atoms with E-state index >= 15 is 0 Å². The third kappa shape index (κ3) is 4.10. The summed E-state index contributed by atoms with van der Waals surface area (Å²) in [6.45, 7) is 0. The van der Waals surface area contributed by atoms with Crippen molar-refractivity contribution in [1.29, 1.82) is 0 Å². The van der Waals surface area contributed by atoms with Gasteiger partial charge in [-0.15, -0.1) is 11.3 Å². The molecule has 7 rings (SSSR count). The Kier molecular flexibility index (Phi) is 5.34. The van der Waals surface area contributed by atoms with E-state index in [0.717, 1.165) is 28.4 Å². The molecule has 176 valence electrons. The van der Waals surface area contributed by atoms with Crippen LogP contribution >= 0.6 is 11.3 Å². The van der Waals surface area contributed by atoms with Gasteiger partial charge in [-0.05, 0) is 83.6 Å². The molecule has 0 radical (unpaired) electrons. The van der Waals surface area contributed by atoms with Gasteiger partial charge in [-0.1, -0.05) is 66.7 Å². The molecule has 6 aromatic carbocycles. The molecule has 0 unspecified atom stereocenters. The fourth-order valence-electron chi connectivity index (χ4n) is 5.02. The minimum atomic E-state index is 1.09. The molecule has 0 aliphatic rings. The average Bonchev–Trinajstić information content (AvgIpc) is 3.32. The van der Waals surface area contributed by atoms with Crippen LogP contribution in [0.4, 0.5) is 28.4 Å². The lowest BCUT2D eigenvalue weighted by molar-refractivity contribution is 1.29. The topological polar surface area (TPSA) is 15.3 Å². The maximum absolute atomic E-state index is 3.63. The SMILES string of the molecule is c1ccc(N(c2ccccc2)c2ccc3sc4ccc(Nc5ccc6ccccc6c5)cc4c3c2)cc1. The predicted octanol–water partition coefficient (Wildman–Crippen LogP) is 10.4. The minimum Gasteiger partial charge on any atom is -0.355 e. The molecule has 0 aliphatic carbocycles. The van der Waals surface area contributed by atoms with Crippen LogP contribution in [0.2, 0.25) is 0 Å². The number of benzene rings is 6. The summed E-state index contributed by atoms with van der Waals surface area (Å²) in [6.07, 6.45) is 0. The zero-order valence-corrected chi connectivity index (χ0v) is 21.0. The normalized spacial score (nSPS) is 11.2. The van der Waals surface area contributed by atoms with Gasteiger partial charge in [0, 0.05) is 48.6 Å². The first-order valence-electron chi connectivity index (χ1n) is 12.4. The second-order valence-corrected chi connectivity index (χ2v) is 10.3. The van der Waals surface area contributed by atoms with Crippen LogP contribution in [-0.2, 0) is 0 Å². The molecule has 1 heterocycles. The fraction of sp³-hybridized carbons (Fsp3) is 0. The molecule has 0 aliphatic heterocycles. The van der Waals surface area contributed by atoms with Crippen LogP contribution in [0.5, 0.6) is 0 Å². The lowest BCUT2D eigenvalue weighted by Gasteiger charge is -2.25. The van der Waals surface area contributed by atoms with Crippen molar-refractivity contribution in [3.8, 4) is 0 Å². The number of hydrogen-bond donors (Lipinski definition) is 1. The highest BCUT2D eigenvalue weighted by molar-refractivity contribution is 7.25. The third-order valence-corrected chi connectivity index (χ3v) is 7.93. The zero-order chi connectivity index (χ0) is 24.6. The van der Waals surface area contributed by atoms with Crippen LogP contribution in [-0.4, -0.2) is 0 Å². The lowest BCUT2D eigenvalue weighted by atomic mass is 10.1. The van der Waals surface area contributed by atoms with Gasteiger partial charge in [0.05, 0.1) is 0 Å². The van der Waals surface area contributed by atoms with E-state index in [1.165, 1.54) is 30.9 Å². The summed E-state index contributed by atoms with van der Waals surface area (Å²) in [7, 11) is 0. The molecule has 0 atom stereocenters. The molecule has 37 heavy (non-hydrogen) atoms. The molecule has 0 amide bonds. The van der Waals surface area contributed by atoms with Crippen molar-refractivity contribution in [2.45, 2.75) is 0 Å². The largest absolute Gasteiger partial charge is 0.355 e. The van der Waals surface area contributed by atoms with E-state index in [1.54, 1.807) is 0 Å². The Labute approximate surface area is 220 Å². The second kappa shape index (κ2) is 9.12. The fourth-order valence-corrected chi connectivity index (χ4v) is 6.08. The van der Waals surface area contributed by atoms with Crippen LogP contribution in [0.1, 0.15) is 0 Å². The van der Waals surface area contributed by atoms with Gasteiger partial charge in [-0.3, -0.25) is 0 Å². The third-order valence-electron chi connectivity index (χ3n) is 6.78. The van der Waals surface area contributed by atoms with Crippen molar-refractivity contribution in [1.82, 2.24) is 0 Å². The maximum atomic E-state index is 3.63. The van der Waals surface area contributed by atoms with Crippen LogP contribution in [0.3, 0.4) is 0 Å². The van der Waals surface area contributed by atoms with Gasteiger partial charge in [0.2, 0.25) is 0 Å². The summed E-state index contributed by atoms with van der Waals surface area (Å²) >= 11 is 1.84. The highest BCUT2D eigenvalue weighted by atomic mass is 32.1. The molecule has 0 saturated heterocycles. The van der Waals surface area contributed by atoms with E-state index in [1.807, 2.05) is 11.3 Å². The summed E-state index contributed by atoms with van der Waals surface area (Å²) in [4.78, 5) is 2.32. The number of hydrogen-bond acceptors (Lipinski definition) is 3. The summed E-state index contributed by atoms with van der Waals surface area (Å²) in [5, 5.41) is 8.66. The van der Waals surface area contributed by atoms with E-state index in [2.05, 4.69) is 150 Å². The molecule has 0 fully saturated rings. The Morgan fingerprint density at radius 1 is 0.432 bits per heavy atom. The highest BCUT2D eigenvalue weighted by Crippen LogP contribution is 2.41. The van der Waals surface area contributed by atoms with Crippen LogP contribution in [0.25, 0.3) is 30.9 Å². The Morgan fingerprint density at radius 2 is 1.00 bits per heavy atom. The molecular weight excluding hydrogens is 468 g/mol. The average molecular weight is 493 g/mol. The molecule has 2 nitrogen and oxygen atoms in total. The number of rotatable bonds is 5. The van der Waals surface area contributed by atoms with Crippen molar-refractivity contribution in [3.63, 3.8) is 0 Å². The molecule has 0 bridgehead atoms. The van der Waals surface area contributed by atoms with E-state index < -0.39 is 0 Å². The first-order chi connectivity index (χ1) is 18.3. The van der Waals surface area contributed by atoms with Gasteiger partial charge < -0.3 is 10.2 Å². The van der Waals surface area contributed by atoms with Gasteiger partial charge in [0.15, 0.2) is 0 Å². The number of thiophene rings is 1. The minimum absolute atomic E-state index is 1.09.